The summed E-state index contributed by atoms with van der Waals surface area (Å²) in [5.41, 5.74) is -0.957. The highest BCUT2D eigenvalue weighted by Gasteiger charge is 2.45. The Morgan fingerprint density at radius 2 is 2.00 bits per heavy atom. The lowest BCUT2D eigenvalue weighted by Gasteiger charge is -2.17. The number of alkyl halides is 3. The highest BCUT2D eigenvalue weighted by atomic mass is 32.2. The Morgan fingerprint density at radius 3 is 2.53 bits per heavy atom. The summed E-state index contributed by atoms with van der Waals surface area (Å²) in [5.74, 6) is 0. The Balaban J connectivity index is 2.60. The van der Waals surface area contributed by atoms with Gasteiger partial charge < -0.3 is 5.32 Å². The summed E-state index contributed by atoms with van der Waals surface area (Å²) < 4.78 is 63.2. The van der Waals surface area contributed by atoms with Crippen LogP contribution in [0.25, 0.3) is 0 Å². The molecule has 2 unspecified atom stereocenters. The zero-order valence-corrected chi connectivity index (χ0v) is 11.3. The SMILES string of the molecule is CNC(C)C1Cc2c(C(F)(F)F)cccc2S1(=O)=O. The van der Waals surface area contributed by atoms with Crippen molar-refractivity contribution < 1.29 is 21.6 Å². The fourth-order valence-corrected chi connectivity index (χ4v) is 4.60. The molecule has 19 heavy (non-hydrogen) atoms. The van der Waals surface area contributed by atoms with Gasteiger partial charge in [0.1, 0.15) is 0 Å². The fourth-order valence-electron chi connectivity index (χ4n) is 2.41. The molecular weight excluding hydrogens is 279 g/mol. The first-order valence-electron chi connectivity index (χ1n) is 5.80. The van der Waals surface area contributed by atoms with Crippen LogP contribution < -0.4 is 5.32 Å². The Labute approximate surface area is 109 Å². The van der Waals surface area contributed by atoms with Gasteiger partial charge in [0.2, 0.25) is 0 Å². The summed E-state index contributed by atoms with van der Waals surface area (Å²) in [6.07, 6.45) is -4.63. The minimum Gasteiger partial charge on any atom is -0.316 e. The van der Waals surface area contributed by atoms with E-state index in [1.165, 1.54) is 6.07 Å². The average molecular weight is 293 g/mol. The van der Waals surface area contributed by atoms with E-state index in [-0.39, 0.29) is 16.9 Å². The first-order valence-corrected chi connectivity index (χ1v) is 7.34. The number of hydrogen-bond donors (Lipinski definition) is 1. The van der Waals surface area contributed by atoms with E-state index in [0.29, 0.717) is 0 Å². The number of nitrogens with one attached hydrogen (secondary N) is 1. The molecule has 106 valence electrons. The predicted molar refractivity (Wildman–Crippen MR) is 64.6 cm³/mol. The van der Waals surface area contributed by atoms with Crippen LogP contribution in [-0.2, 0) is 22.4 Å². The highest BCUT2D eigenvalue weighted by Crippen LogP contribution is 2.41. The molecule has 0 saturated carbocycles. The number of benzene rings is 1. The zero-order chi connectivity index (χ0) is 14.4. The molecule has 0 saturated heterocycles. The number of hydrogen-bond acceptors (Lipinski definition) is 3. The van der Waals surface area contributed by atoms with Crippen molar-refractivity contribution in [3.63, 3.8) is 0 Å². The molecule has 0 bridgehead atoms. The monoisotopic (exact) mass is 293 g/mol. The number of fused-ring (bicyclic) bond motifs is 1. The van der Waals surface area contributed by atoms with Crippen LogP contribution in [0.3, 0.4) is 0 Å². The van der Waals surface area contributed by atoms with Gasteiger partial charge in [0.15, 0.2) is 9.84 Å². The van der Waals surface area contributed by atoms with E-state index in [9.17, 15) is 21.6 Å². The third kappa shape index (κ3) is 2.25. The molecule has 1 aromatic carbocycles. The normalized spacial score (nSPS) is 23.1. The molecule has 1 aromatic rings. The summed E-state index contributed by atoms with van der Waals surface area (Å²) in [6.45, 7) is 1.65. The van der Waals surface area contributed by atoms with Crippen LogP contribution in [0.15, 0.2) is 23.1 Å². The van der Waals surface area contributed by atoms with Gasteiger partial charge in [0.05, 0.1) is 15.7 Å². The van der Waals surface area contributed by atoms with E-state index in [1.54, 1.807) is 14.0 Å². The maximum atomic E-state index is 12.9. The maximum Gasteiger partial charge on any atom is 0.416 e. The molecule has 1 heterocycles. The second-order valence-electron chi connectivity index (χ2n) is 4.64. The first kappa shape index (κ1) is 14.3. The topological polar surface area (TPSA) is 46.2 Å². The maximum absolute atomic E-state index is 12.9. The van der Waals surface area contributed by atoms with Gasteiger partial charge in [0, 0.05) is 6.04 Å². The zero-order valence-electron chi connectivity index (χ0n) is 10.5. The van der Waals surface area contributed by atoms with Gasteiger partial charge in [0.25, 0.3) is 0 Å². The molecular formula is C12H14F3NO2S. The molecule has 0 aliphatic carbocycles. The van der Waals surface area contributed by atoms with E-state index in [2.05, 4.69) is 5.32 Å². The Morgan fingerprint density at radius 1 is 1.37 bits per heavy atom. The lowest BCUT2D eigenvalue weighted by atomic mass is 10.0. The van der Waals surface area contributed by atoms with Crippen LogP contribution in [0, 0.1) is 0 Å². The minimum atomic E-state index is -4.53. The van der Waals surface area contributed by atoms with Crippen LogP contribution in [0.5, 0.6) is 0 Å². The summed E-state index contributed by atoms with van der Waals surface area (Å²) in [4.78, 5) is -0.186. The summed E-state index contributed by atoms with van der Waals surface area (Å²) in [6, 6.07) is 2.92. The Kier molecular flexibility index (Phi) is 3.38. The number of halogens is 3. The van der Waals surface area contributed by atoms with E-state index in [4.69, 9.17) is 0 Å². The summed E-state index contributed by atoms with van der Waals surface area (Å²) in [5, 5.41) is 1.94. The van der Waals surface area contributed by atoms with Gasteiger partial charge in [-0.1, -0.05) is 6.07 Å². The predicted octanol–water partition coefficient (Wildman–Crippen LogP) is 2.01. The highest BCUT2D eigenvalue weighted by molar-refractivity contribution is 7.92. The molecule has 0 amide bonds. The lowest BCUT2D eigenvalue weighted by molar-refractivity contribution is -0.138. The molecule has 0 aromatic heterocycles. The van der Waals surface area contributed by atoms with Crippen molar-refractivity contribution in [2.45, 2.75) is 35.7 Å². The molecule has 3 nitrogen and oxygen atoms in total. The molecule has 1 N–H and O–H groups in total. The molecule has 7 heteroatoms. The third-order valence-corrected chi connectivity index (χ3v) is 5.93. The van der Waals surface area contributed by atoms with Crippen molar-refractivity contribution in [2.24, 2.45) is 0 Å². The van der Waals surface area contributed by atoms with Crippen molar-refractivity contribution in [3.8, 4) is 0 Å². The van der Waals surface area contributed by atoms with Crippen molar-refractivity contribution in [1.82, 2.24) is 5.32 Å². The number of sulfone groups is 1. The number of rotatable bonds is 2. The van der Waals surface area contributed by atoms with E-state index >= 15 is 0 Å². The lowest BCUT2D eigenvalue weighted by Crippen LogP contribution is -2.38. The fraction of sp³-hybridized carbons (Fsp3) is 0.500. The third-order valence-electron chi connectivity index (χ3n) is 3.56. The van der Waals surface area contributed by atoms with Crippen LogP contribution in [0.4, 0.5) is 13.2 Å². The van der Waals surface area contributed by atoms with Gasteiger partial charge in [-0.2, -0.15) is 13.2 Å². The van der Waals surface area contributed by atoms with Crippen molar-refractivity contribution >= 4 is 9.84 Å². The van der Waals surface area contributed by atoms with Crippen LogP contribution in [0.2, 0.25) is 0 Å². The van der Waals surface area contributed by atoms with E-state index in [0.717, 1.165) is 12.1 Å². The van der Waals surface area contributed by atoms with Crippen molar-refractivity contribution in [2.75, 3.05) is 7.05 Å². The first-order chi connectivity index (χ1) is 8.69. The van der Waals surface area contributed by atoms with Gasteiger partial charge in [-0.05, 0) is 38.1 Å². The Bertz CT molecular complexity index is 595. The molecule has 0 radical (unpaired) electrons. The second kappa shape index (κ2) is 4.49. The second-order valence-corrected chi connectivity index (χ2v) is 6.78. The molecule has 1 aliphatic rings. The standard InChI is InChI=1S/C12H14F3NO2S/c1-7(16-2)11-6-8-9(12(13,14)15)4-3-5-10(8)19(11,17)18/h3-5,7,11,16H,6H2,1-2H3. The van der Waals surface area contributed by atoms with Crippen LogP contribution >= 0.6 is 0 Å². The largest absolute Gasteiger partial charge is 0.416 e. The van der Waals surface area contributed by atoms with Crippen molar-refractivity contribution in [3.05, 3.63) is 29.3 Å². The summed E-state index contributed by atoms with van der Waals surface area (Å²) >= 11 is 0. The molecule has 2 atom stereocenters. The Hall–Kier alpha value is -1.08. The van der Waals surface area contributed by atoms with Gasteiger partial charge in [-0.15, -0.1) is 0 Å². The minimum absolute atomic E-state index is 0.102. The van der Waals surface area contributed by atoms with E-state index in [1.807, 2.05) is 0 Å². The van der Waals surface area contributed by atoms with Gasteiger partial charge in [-0.25, -0.2) is 8.42 Å². The smallest absolute Gasteiger partial charge is 0.316 e. The average Bonchev–Trinajstić information content (AvgIpc) is 2.59. The molecule has 1 aliphatic heterocycles. The van der Waals surface area contributed by atoms with Gasteiger partial charge >= 0.3 is 6.18 Å². The molecule has 0 spiro atoms. The van der Waals surface area contributed by atoms with Crippen LogP contribution in [0.1, 0.15) is 18.1 Å². The van der Waals surface area contributed by atoms with Gasteiger partial charge in [-0.3, -0.25) is 0 Å². The quantitative estimate of drug-likeness (QED) is 0.907. The van der Waals surface area contributed by atoms with Crippen LogP contribution in [-0.4, -0.2) is 26.8 Å². The summed E-state index contributed by atoms with van der Waals surface area (Å²) in [7, 11) is -2.11. The van der Waals surface area contributed by atoms with Crippen molar-refractivity contribution in [1.29, 1.82) is 0 Å². The molecule has 2 rings (SSSR count). The molecule has 0 fully saturated rings. The van der Waals surface area contributed by atoms with E-state index < -0.39 is 32.9 Å².